The number of pyridine rings is 1. The fraction of sp³-hybridized carbons (Fsp3) is 0.125. The molecule has 0 bridgehead atoms. The van der Waals surface area contributed by atoms with Crippen molar-refractivity contribution in [1.29, 1.82) is 0 Å². The number of rotatable bonds is 4. The second-order valence-corrected chi connectivity index (χ2v) is 7.78. The molecule has 1 atom stereocenters. The van der Waals surface area contributed by atoms with Gasteiger partial charge in [-0.15, -0.1) is 0 Å². The van der Waals surface area contributed by atoms with E-state index in [-0.39, 0.29) is 28.1 Å². The van der Waals surface area contributed by atoms with E-state index in [0.29, 0.717) is 22.1 Å². The van der Waals surface area contributed by atoms with Crippen LogP contribution in [-0.4, -0.2) is 25.1 Å². The van der Waals surface area contributed by atoms with Gasteiger partial charge in [0, 0.05) is 6.20 Å². The molecule has 3 heterocycles. The van der Waals surface area contributed by atoms with Crippen LogP contribution < -0.4 is 19.8 Å². The van der Waals surface area contributed by atoms with Gasteiger partial charge in [-0.1, -0.05) is 17.7 Å². The maximum absolute atomic E-state index is 13.9. The van der Waals surface area contributed by atoms with Crippen molar-refractivity contribution in [1.82, 2.24) is 4.98 Å². The van der Waals surface area contributed by atoms with Crippen molar-refractivity contribution in [2.24, 2.45) is 0 Å². The predicted molar refractivity (Wildman–Crippen MR) is 120 cm³/mol. The lowest BCUT2D eigenvalue weighted by Gasteiger charge is -2.24. The first kappa shape index (κ1) is 21.0. The molecule has 166 valence electrons. The summed E-state index contributed by atoms with van der Waals surface area (Å²) in [6.07, 6.45) is 1.40. The van der Waals surface area contributed by atoms with Crippen LogP contribution in [0, 0.1) is 5.82 Å². The number of hydrogen-bond acceptors (Lipinski definition) is 6. The van der Waals surface area contributed by atoms with Crippen LogP contribution in [-0.2, 0) is 0 Å². The molecular formula is C24H16ClFN2O5. The summed E-state index contributed by atoms with van der Waals surface area (Å²) in [5, 5.41) is 0.430. The van der Waals surface area contributed by atoms with E-state index in [1.54, 1.807) is 30.3 Å². The maximum Gasteiger partial charge on any atom is 0.296 e. The van der Waals surface area contributed by atoms with Crippen LogP contribution >= 0.6 is 11.6 Å². The summed E-state index contributed by atoms with van der Waals surface area (Å²) in [6, 6.07) is 10.9. The lowest BCUT2D eigenvalue weighted by molar-refractivity contribution is 0.0970. The van der Waals surface area contributed by atoms with Crippen molar-refractivity contribution < 1.29 is 23.1 Å². The number of nitrogens with zero attached hydrogens (tertiary/aromatic N) is 2. The Morgan fingerprint density at radius 3 is 2.52 bits per heavy atom. The maximum atomic E-state index is 13.9. The zero-order chi connectivity index (χ0) is 23.3. The minimum Gasteiger partial charge on any atom is -0.493 e. The molecule has 33 heavy (non-hydrogen) atoms. The fourth-order valence-corrected chi connectivity index (χ4v) is 4.14. The molecule has 7 nitrogen and oxygen atoms in total. The smallest absolute Gasteiger partial charge is 0.296 e. The predicted octanol–water partition coefficient (Wildman–Crippen LogP) is 4.75. The van der Waals surface area contributed by atoms with E-state index in [1.807, 2.05) is 0 Å². The number of fused-ring (bicyclic) bond motifs is 2. The lowest BCUT2D eigenvalue weighted by atomic mass is 9.98. The highest BCUT2D eigenvalue weighted by Gasteiger charge is 2.44. The minimum absolute atomic E-state index is 0.0398. The summed E-state index contributed by atoms with van der Waals surface area (Å²) in [7, 11) is 2.99. The molecule has 0 aliphatic carbocycles. The Morgan fingerprint density at radius 1 is 1.03 bits per heavy atom. The van der Waals surface area contributed by atoms with Crippen LogP contribution in [0.3, 0.4) is 0 Å². The topological polar surface area (TPSA) is 81.9 Å². The summed E-state index contributed by atoms with van der Waals surface area (Å²) in [5.41, 5.74) is 0.252. The van der Waals surface area contributed by atoms with Crippen LogP contribution in [0.2, 0.25) is 5.02 Å². The first-order valence-electron chi connectivity index (χ1n) is 9.86. The van der Waals surface area contributed by atoms with Gasteiger partial charge in [0.1, 0.15) is 17.2 Å². The van der Waals surface area contributed by atoms with E-state index in [1.165, 1.54) is 37.4 Å². The van der Waals surface area contributed by atoms with Crippen LogP contribution in [0.1, 0.15) is 27.7 Å². The van der Waals surface area contributed by atoms with Crippen molar-refractivity contribution in [3.8, 4) is 11.5 Å². The average Bonchev–Trinajstić information content (AvgIpc) is 3.12. The molecule has 0 radical (unpaired) electrons. The highest BCUT2D eigenvalue weighted by molar-refractivity contribution is 6.30. The lowest BCUT2D eigenvalue weighted by Crippen LogP contribution is -2.30. The van der Waals surface area contributed by atoms with Gasteiger partial charge in [-0.05, 0) is 48.0 Å². The van der Waals surface area contributed by atoms with Crippen molar-refractivity contribution in [3.05, 3.63) is 92.7 Å². The Labute approximate surface area is 191 Å². The van der Waals surface area contributed by atoms with E-state index in [9.17, 15) is 14.0 Å². The molecule has 0 saturated carbocycles. The average molecular weight is 467 g/mol. The third kappa shape index (κ3) is 3.30. The van der Waals surface area contributed by atoms with E-state index in [2.05, 4.69) is 4.98 Å². The summed E-state index contributed by atoms with van der Waals surface area (Å²) >= 11 is 5.98. The summed E-state index contributed by atoms with van der Waals surface area (Å²) in [6.45, 7) is 0. The van der Waals surface area contributed by atoms with Gasteiger partial charge in [-0.2, -0.15) is 0 Å². The molecule has 9 heteroatoms. The molecule has 0 fully saturated rings. The number of carbonyl (C=O) groups excluding carboxylic acids is 1. The molecular weight excluding hydrogens is 451 g/mol. The van der Waals surface area contributed by atoms with E-state index in [4.69, 9.17) is 25.5 Å². The Morgan fingerprint density at radius 2 is 1.82 bits per heavy atom. The monoisotopic (exact) mass is 466 g/mol. The molecule has 1 amide bonds. The van der Waals surface area contributed by atoms with Gasteiger partial charge in [0.25, 0.3) is 5.91 Å². The summed E-state index contributed by atoms with van der Waals surface area (Å²) in [5.74, 6) is -0.104. The number of aromatic nitrogens is 1. The van der Waals surface area contributed by atoms with E-state index >= 15 is 0 Å². The van der Waals surface area contributed by atoms with Crippen LogP contribution in [0.4, 0.5) is 10.2 Å². The van der Waals surface area contributed by atoms with Crippen molar-refractivity contribution in [3.63, 3.8) is 0 Å². The van der Waals surface area contributed by atoms with Gasteiger partial charge in [0.15, 0.2) is 16.9 Å². The molecule has 0 saturated heterocycles. The number of methoxy groups -OCH3 is 2. The van der Waals surface area contributed by atoms with Gasteiger partial charge in [0.05, 0.1) is 36.2 Å². The van der Waals surface area contributed by atoms with Gasteiger partial charge >= 0.3 is 0 Å². The van der Waals surface area contributed by atoms with Gasteiger partial charge in [0.2, 0.25) is 5.76 Å². The Hall–Kier alpha value is -3.91. The quantitative estimate of drug-likeness (QED) is 0.432. The largest absolute Gasteiger partial charge is 0.493 e. The van der Waals surface area contributed by atoms with Crippen LogP contribution in [0.5, 0.6) is 11.5 Å². The second-order valence-electron chi connectivity index (χ2n) is 7.34. The normalized spacial score (nSPS) is 15.1. The molecule has 0 spiro atoms. The number of ether oxygens (including phenoxy) is 2. The van der Waals surface area contributed by atoms with Gasteiger partial charge in [-0.3, -0.25) is 14.5 Å². The molecule has 0 N–H and O–H groups in total. The molecule has 2 aromatic heterocycles. The fourth-order valence-electron chi connectivity index (χ4n) is 4.03. The third-order valence-electron chi connectivity index (χ3n) is 5.51. The third-order valence-corrected chi connectivity index (χ3v) is 5.74. The Balaban J connectivity index is 1.81. The Kier molecular flexibility index (Phi) is 5.02. The highest BCUT2D eigenvalue weighted by Crippen LogP contribution is 2.42. The standard InChI is InChI=1S/C24H16ClFN2O5/c1-31-17-6-3-12(9-18(17)32-2)21-20-22(29)15-10-14(26)5-7-16(15)33-23(20)24(30)28(21)19-8-4-13(25)11-27-19/h3-11,21H,1-2H3. The first-order valence-corrected chi connectivity index (χ1v) is 10.2. The van der Waals surface area contributed by atoms with E-state index in [0.717, 1.165) is 6.07 Å². The van der Waals surface area contributed by atoms with Crippen LogP contribution in [0.15, 0.2) is 63.9 Å². The molecule has 5 rings (SSSR count). The second kappa shape index (κ2) is 7.90. The van der Waals surface area contributed by atoms with Crippen molar-refractivity contribution in [2.75, 3.05) is 19.1 Å². The highest BCUT2D eigenvalue weighted by atomic mass is 35.5. The van der Waals surface area contributed by atoms with E-state index < -0.39 is 23.2 Å². The van der Waals surface area contributed by atoms with Gasteiger partial charge < -0.3 is 13.9 Å². The summed E-state index contributed by atoms with van der Waals surface area (Å²) < 4.78 is 30.5. The van der Waals surface area contributed by atoms with Crippen molar-refractivity contribution in [2.45, 2.75) is 6.04 Å². The van der Waals surface area contributed by atoms with Crippen molar-refractivity contribution >= 4 is 34.3 Å². The zero-order valence-corrected chi connectivity index (χ0v) is 18.2. The minimum atomic E-state index is -0.898. The number of amides is 1. The molecule has 4 aromatic rings. The Bertz CT molecular complexity index is 1470. The zero-order valence-electron chi connectivity index (χ0n) is 17.5. The molecule has 1 aliphatic rings. The first-order chi connectivity index (χ1) is 15.9. The number of anilines is 1. The number of halogens is 2. The SMILES string of the molecule is COc1ccc(C2c3c(oc4ccc(F)cc4c3=O)C(=O)N2c2ccc(Cl)cn2)cc1OC. The number of carbonyl (C=O) groups is 1. The van der Waals surface area contributed by atoms with Gasteiger partial charge in [-0.25, -0.2) is 9.37 Å². The molecule has 1 aliphatic heterocycles. The summed E-state index contributed by atoms with van der Waals surface area (Å²) in [4.78, 5) is 32.6. The number of hydrogen-bond donors (Lipinski definition) is 0. The van der Waals surface area contributed by atoms with Crippen LogP contribution in [0.25, 0.3) is 11.0 Å². The number of benzene rings is 2. The molecule has 2 aromatic carbocycles. The molecule has 1 unspecified atom stereocenters.